The van der Waals surface area contributed by atoms with Gasteiger partial charge in [0.05, 0.1) is 5.02 Å². The van der Waals surface area contributed by atoms with Crippen LogP contribution in [-0.4, -0.2) is 55.6 Å². The quantitative estimate of drug-likeness (QED) is 0.734. The minimum absolute atomic E-state index is 0.0141. The van der Waals surface area contributed by atoms with E-state index < -0.39 is 10.0 Å². The van der Waals surface area contributed by atoms with Gasteiger partial charge in [0.1, 0.15) is 4.90 Å². The molecule has 0 atom stereocenters. The van der Waals surface area contributed by atoms with Crippen molar-refractivity contribution in [3.05, 3.63) is 35.9 Å². The topological polar surface area (TPSA) is 86.8 Å². The highest BCUT2D eigenvalue weighted by Crippen LogP contribution is 2.30. The van der Waals surface area contributed by atoms with Gasteiger partial charge in [-0.2, -0.15) is 4.31 Å². The zero-order valence-corrected chi connectivity index (χ0v) is 17.1. The lowest BCUT2D eigenvalue weighted by Gasteiger charge is -2.30. The molecule has 152 valence electrons. The maximum atomic E-state index is 12.8. The fraction of sp³-hybridized carbons (Fsp3) is 0.474. The van der Waals surface area contributed by atoms with Crippen LogP contribution >= 0.6 is 11.6 Å². The molecular formula is C19H24ClN3O4S. The Hall–Kier alpha value is -1.90. The van der Waals surface area contributed by atoms with Crippen molar-refractivity contribution < 1.29 is 18.0 Å². The van der Waals surface area contributed by atoms with Crippen LogP contribution in [0, 0.1) is 5.92 Å². The van der Waals surface area contributed by atoms with Crippen LogP contribution in [0.4, 0.5) is 5.69 Å². The van der Waals surface area contributed by atoms with E-state index >= 15 is 0 Å². The Morgan fingerprint density at radius 3 is 2.39 bits per heavy atom. The van der Waals surface area contributed by atoms with Gasteiger partial charge in [-0.3, -0.25) is 9.59 Å². The summed E-state index contributed by atoms with van der Waals surface area (Å²) in [5, 5.41) is 2.94. The average Bonchev–Trinajstić information content (AvgIpc) is 3.24. The summed E-state index contributed by atoms with van der Waals surface area (Å²) >= 11 is 6.14. The van der Waals surface area contributed by atoms with Crippen LogP contribution in [0.5, 0.6) is 0 Å². The summed E-state index contributed by atoms with van der Waals surface area (Å²) in [5.41, 5.74) is 0.400. The van der Waals surface area contributed by atoms with E-state index in [-0.39, 0.29) is 27.7 Å². The Morgan fingerprint density at radius 2 is 1.79 bits per heavy atom. The summed E-state index contributed by atoms with van der Waals surface area (Å²) in [7, 11) is -3.68. The van der Waals surface area contributed by atoms with Gasteiger partial charge < -0.3 is 10.2 Å². The number of piperidine rings is 1. The molecule has 3 rings (SSSR count). The molecule has 1 aromatic carbocycles. The fourth-order valence-corrected chi connectivity index (χ4v) is 5.60. The fourth-order valence-electron chi connectivity index (χ4n) is 3.58. The second-order valence-corrected chi connectivity index (χ2v) is 9.36. The molecule has 9 heteroatoms. The molecule has 0 radical (unpaired) electrons. The minimum Gasteiger partial charge on any atom is -0.339 e. The van der Waals surface area contributed by atoms with Gasteiger partial charge in [0.25, 0.3) is 0 Å². The number of hydrogen-bond acceptors (Lipinski definition) is 4. The van der Waals surface area contributed by atoms with Gasteiger partial charge in [-0.05, 0) is 50.0 Å². The normalized spacial score (nSPS) is 18.8. The van der Waals surface area contributed by atoms with Crippen molar-refractivity contribution >= 4 is 39.1 Å². The number of benzene rings is 1. The Balaban J connectivity index is 1.69. The minimum atomic E-state index is -3.68. The molecule has 0 unspecified atom stereocenters. The lowest BCUT2D eigenvalue weighted by Crippen LogP contribution is -2.40. The highest BCUT2D eigenvalue weighted by atomic mass is 35.5. The monoisotopic (exact) mass is 425 g/mol. The summed E-state index contributed by atoms with van der Waals surface area (Å²) in [5.74, 6) is -0.547. The van der Waals surface area contributed by atoms with Crippen LogP contribution in [0.25, 0.3) is 0 Å². The smallest absolute Gasteiger partial charge is 0.245 e. The predicted octanol–water partition coefficient (Wildman–Crippen LogP) is 2.49. The van der Waals surface area contributed by atoms with E-state index in [0.717, 1.165) is 12.8 Å². The summed E-state index contributed by atoms with van der Waals surface area (Å²) < 4.78 is 27.0. The first kappa shape index (κ1) is 20.8. The number of sulfonamides is 1. The largest absolute Gasteiger partial charge is 0.339 e. The maximum absolute atomic E-state index is 12.8. The third-order valence-corrected chi connectivity index (χ3v) is 7.61. The molecule has 0 bridgehead atoms. The van der Waals surface area contributed by atoms with E-state index in [9.17, 15) is 18.0 Å². The number of likely N-dealkylation sites (tertiary alicyclic amines) is 1. The molecule has 2 heterocycles. The molecule has 0 aromatic heterocycles. The van der Waals surface area contributed by atoms with Gasteiger partial charge in [0, 0.05) is 37.8 Å². The molecule has 1 N–H and O–H groups in total. The van der Waals surface area contributed by atoms with Gasteiger partial charge in [0.15, 0.2) is 0 Å². The zero-order valence-electron chi connectivity index (χ0n) is 15.6. The molecule has 28 heavy (non-hydrogen) atoms. The highest BCUT2D eigenvalue weighted by Gasteiger charge is 2.30. The molecule has 1 aromatic rings. The molecule has 7 nitrogen and oxygen atoms in total. The van der Waals surface area contributed by atoms with Crippen molar-refractivity contribution in [3.8, 4) is 0 Å². The zero-order chi connectivity index (χ0) is 20.3. The number of carbonyl (C=O) groups is 2. The number of amides is 2. The number of nitrogens with zero attached hydrogens (tertiary/aromatic N) is 2. The molecule has 2 aliphatic rings. The Bertz CT molecular complexity index is 873. The van der Waals surface area contributed by atoms with Crippen molar-refractivity contribution in [2.24, 2.45) is 5.92 Å². The SMILES string of the molecule is C=CC(=O)N1CCC(C(=O)Nc2ccc(Cl)c(S(=O)(=O)N3CCCC3)c2)CC1. The van der Waals surface area contributed by atoms with Gasteiger partial charge in [-0.15, -0.1) is 0 Å². The van der Waals surface area contributed by atoms with Crippen molar-refractivity contribution in [1.82, 2.24) is 9.21 Å². The first-order chi connectivity index (χ1) is 13.3. The number of halogens is 1. The van der Waals surface area contributed by atoms with Crippen LogP contribution in [-0.2, 0) is 19.6 Å². The van der Waals surface area contributed by atoms with Crippen LogP contribution < -0.4 is 5.32 Å². The number of nitrogens with one attached hydrogen (secondary N) is 1. The third-order valence-electron chi connectivity index (χ3n) is 5.23. The van der Waals surface area contributed by atoms with Gasteiger partial charge in [-0.25, -0.2) is 8.42 Å². The van der Waals surface area contributed by atoms with E-state index in [4.69, 9.17) is 11.6 Å². The number of rotatable bonds is 5. The number of hydrogen-bond donors (Lipinski definition) is 1. The van der Waals surface area contributed by atoms with E-state index in [1.165, 1.54) is 22.5 Å². The highest BCUT2D eigenvalue weighted by molar-refractivity contribution is 7.89. The third kappa shape index (κ3) is 4.39. The van der Waals surface area contributed by atoms with Crippen LogP contribution in [0.1, 0.15) is 25.7 Å². The van der Waals surface area contributed by atoms with Crippen LogP contribution in [0.15, 0.2) is 35.7 Å². The van der Waals surface area contributed by atoms with E-state index in [0.29, 0.717) is 44.7 Å². The molecule has 0 saturated carbocycles. The van der Waals surface area contributed by atoms with E-state index in [1.807, 2.05) is 0 Å². The summed E-state index contributed by atoms with van der Waals surface area (Å²) in [6.07, 6.45) is 4.05. The molecule has 2 fully saturated rings. The first-order valence-electron chi connectivity index (χ1n) is 9.35. The van der Waals surface area contributed by atoms with Gasteiger partial charge in [0.2, 0.25) is 21.8 Å². The van der Waals surface area contributed by atoms with Crippen LogP contribution in [0.2, 0.25) is 5.02 Å². The molecule has 0 aliphatic carbocycles. The van der Waals surface area contributed by atoms with Crippen molar-refractivity contribution in [2.45, 2.75) is 30.6 Å². The van der Waals surface area contributed by atoms with Crippen molar-refractivity contribution in [3.63, 3.8) is 0 Å². The molecular weight excluding hydrogens is 402 g/mol. The molecule has 2 saturated heterocycles. The summed E-state index contributed by atoms with van der Waals surface area (Å²) in [6.45, 7) is 5.44. The predicted molar refractivity (Wildman–Crippen MR) is 108 cm³/mol. The van der Waals surface area contributed by atoms with Crippen LogP contribution in [0.3, 0.4) is 0 Å². The molecule has 2 aliphatic heterocycles. The van der Waals surface area contributed by atoms with Crippen molar-refractivity contribution in [1.29, 1.82) is 0 Å². The average molecular weight is 426 g/mol. The Kier molecular flexibility index (Phi) is 6.42. The second kappa shape index (κ2) is 8.63. The van der Waals surface area contributed by atoms with Gasteiger partial charge in [-0.1, -0.05) is 18.2 Å². The van der Waals surface area contributed by atoms with Gasteiger partial charge >= 0.3 is 0 Å². The Morgan fingerprint density at radius 1 is 1.14 bits per heavy atom. The van der Waals surface area contributed by atoms with E-state index in [1.54, 1.807) is 11.0 Å². The second-order valence-electron chi connectivity index (χ2n) is 7.05. The van der Waals surface area contributed by atoms with E-state index in [2.05, 4.69) is 11.9 Å². The number of anilines is 1. The van der Waals surface area contributed by atoms with Crippen molar-refractivity contribution in [2.75, 3.05) is 31.5 Å². The number of carbonyl (C=O) groups excluding carboxylic acids is 2. The lowest BCUT2D eigenvalue weighted by molar-refractivity contribution is -0.130. The Labute approximate surface area is 170 Å². The summed E-state index contributed by atoms with van der Waals surface area (Å²) in [6, 6.07) is 4.51. The molecule has 2 amide bonds. The molecule has 0 spiro atoms. The summed E-state index contributed by atoms with van der Waals surface area (Å²) in [4.78, 5) is 25.9. The maximum Gasteiger partial charge on any atom is 0.245 e. The standard InChI is InChI=1S/C19H24ClN3O4S/c1-2-18(24)22-11-7-14(8-12-22)19(25)21-15-5-6-16(20)17(13-15)28(26,27)23-9-3-4-10-23/h2,5-6,13-14H,1,3-4,7-12H2,(H,21,25). The lowest BCUT2D eigenvalue weighted by atomic mass is 9.95. The first-order valence-corrected chi connectivity index (χ1v) is 11.2.